The molecule has 33 heavy (non-hydrogen) atoms. The van der Waals surface area contributed by atoms with E-state index in [1.165, 1.54) is 0 Å². The molecule has 0 bridgehead atoms. The van der Waals surface area contributed by atoms with Crippen LogP contribution in [0.3, 0.4) is 0 Å². The highest BCUT2D eigenvalue weighted by Gasteiger charge is 2.29. The highest BCUT2D eigenvalue weighted by atomic mass is 32.1. The second-order valence-electron chi connectivity index (χ2n) is 8.58. The van der Waals surface area contributed by atoms with Gasteiger partial charge < -0.3 is 10.0 Å². The van der Waals surface area contributed by atoms with Gasteiger partial charge in [0.2, 0.25) is 5.91 Å². The molecule has 0 unspecified atom stereocenters. The number of carbonyl (C=O) groups excluding carboxylic acids is 2. The number of carbonyl (C=O) groups is 2. The molecule has 1 aromatic heterocycles. The van der Waals surface area contributed by atoms with Crippen LogP contribution in [-0.4, -0.2) is 61.2 Å². The maximum Gasteiger partial charge on any atom is 0.259 e. The molecule has 1 N–H and O–H groups in total. The number of piperazine rings is 1. The number of nitrogens with zero attached hydrogens (tertiary/aromatic N) is 3. The molecule has 6 nitrogen and oxygen atoms in total. The zero-order valence-corrected chi connectivity index (χ0v) is 19.1. The van der Waals surface area contributed by atoms with E-state index in [1.54, 1.807) is 23.5 Å². The second kappa shape index (κ2) is 9.21. The molecule has 2 aliphatic rings. The molecule has 3 heterocycles. The predicted octanol–water partition coefficient (Wildman–Crippen LogP) is 3.20. The van der Waals surface area contributed by atoms with Crippen LogP contribution in [0.15, 0.2) is 41.8 Å². The summed E-state index contributed by atoms with van der Waals surface area (Å²) < 4.78 is 15.0. The van der Waals surface area contributed by atoms with Crippen molar-refractivity contribution in [2.45, 2.75) is 19.3 Å². The van der Waals surface area contributed by atoms with Crippen LogP contribution in [0, 0.1) is 5.82 Å². The minimum absolute atomic E-state index is 0.193. The first kappa shape index (κ1) is 22.0. The molecule has 8 heteroatoms. The molecule has 1 fully saturated rings. The van der Waals surface area contributed by atoms with Gasteiger partial charge in [-0.05, 0) is 53.6 Å². The largest absolute Gasteiger partial charge is 0.387 e. The molecule has 0 spiro atoms. The highest BCUT2D eigenvalue weighted by molar-refractivity contribution is 7.17. The summed E-state index contributed by atoms with van der Waals surface area (Å²) in [4.78, 5) is 30.2. The smallest absolute Gasteiger partial charge is 0.259 e. The standard InChI is InChI=1S/C25H26FN3O3S/c26-19-14-22(20-6-12-33-23(20)15-19)28-10-8-27(9-11-28)7-5-17-1-2-18-3-4-24(31)29(21(18)13-17)25(32)16-30/h1-2,6,12-15,30H,3-5,7-11,16H2. The van der Waals surface area contributed by atoms with E-state index in [0.717, 1.165) is 70.9 Å². The van der Waals surface area contributed by atoms with Crippen LogP contribution >= 0.6 is 11.3 Å². The van der Waals surface area contributed by atoms with Crippen molar-refractivity contribution in [3.63, 3.8) is 0 Å². The summed E-state index contributed by atoms with van der Waals surface area (Å²) in [6.45, 7) is 3.65. The van der Waals surface area contributed by atoms with E-state index in [9.17, 15) is 19.1 Å². The first-order valence-corrected chi connectivity index (χ1v) is 12.1. The van der Waals surface area contributed by atoms with Gasteiger partial charge in [0.1, 0.15) is 12.4 Å². The van der Waals surface area contributed by atoms with Crippen molar-refractivity contribution >= 4 is 44.6 Å². The van der Waals surface area contributed by atoms with Crippen molar-refractivity contribution in [2.24, 2.45) is 0 Å². The Morgan fingerprint density at radius 2 is 1.85 bits per heavy atom. The Kier molecular flexibility index (Phi) is 6.14. The summed E-state index contributed by atoms with van der Waals surface area (Å²) in [5.41, 5.74) is 3.60. The van der Waals surface area contributed by atoms with Gasteiger partial charge >= 0.3 is 0 Å². The molecule has 0 aliphatic carbocycles. The number of hydrogen-bond donors (Lipinski definition) is 1. The van der Waals surface area contributed by atoms with Gasteiger partial charge in [-0.1, -0.05) is 12.1 Å². The van der Waals surface area contributed by atoms with Crippen LogP contribution < -0.4 is 9.80 Å². The second-order valence-corrected chi connectivity index (χ2v) is 9.53. The maximum atomic E-state index is 14.1. The molecular weight excluding hydrogens is 441 g/mol. The van der Waals surface area contributed by atoms with Gasteiger partial charge in [-0.15, -0.1) is 11.3 Å². The number of thiophene rings is 1. The van der Waals surface area contributed by atoms with Gasteiger partial charge in [0.15, 0.2) is 0 Å². The molecule has 5 rings (SSSR count). The fourth-order valence-electron chi connectivity index (χ4n) is 4.80. The highest BCUT2D eigenvalue weighted by Crippen LogP contribution is 2.33. The molecule has 0 atom stereocenters. The number of aryl methyl sites for hydroxylation is 1. The van der Waals surface area contributed by atoms with Crippen molar-refractivity contribution in [1.29, 1.82) is 0 Å². The fraction of sp³-hybridized carbons (Fsp3) is 0.360. The summed E-state index contributed by atoms with van der Waals surface area (Å²) in [6.07, 6.45) is 1.70. The van der Waals surface area contributed by atoms with Gasteiger partial charge in [-0.2, -0.15) is 0 Å². The van der Waals surface area contributed by atoms with E-state index in [0.29, 0.717) is 12.1 Å². The minimum Gasteiger partial charge on any atom is -0.387 e. The zero-order valence-electron chi connectivity index (χ0n) is 18.3. The molecule has 0 radical (unpaired) electrons. The Hall–Kier alpha value is -2.81. The number of hydrogen-bond acceptors (Lipinski definition) is 6. The average Bonchev–Trinajstić information content (AvgIpc) is 3.30. The van der Waals surface area contributed by atoms with E-state index in [4.69, 9.17) is 0 Å². The van der Waals surface area contributed by atoms with Crippen LogP contribution in [0.2, 0.25) is 0 Å². The number of halogens is 1. The number of rotatable bonds is 5. The molecular formula is C25H26FN3O3S. The summed E-state index contributed by atoms with van der Waals surface area (Å²) >= 11 is 1.56. The van der Waals surface area contributed by atoms with Crippen LogP contribution in [0.5, 0.6) is 0 Å². The van der Waals surface area contributed by atoms with E-state index in [1.807, 2.05) is 17.5 Å². The zero-order chi connectivity index (χ0) is 22.9. The maximum absolute atomic E-state index is 14.1. The third-order valence-electron chi connectivity index (χ3n) is 6.58. The number of amides is 2. The van der Waals surface area contributed by atoms with Crippen molar-refractivity contribution < 1.29 is 19.1 Å². The van der Waals surface area contributed by atoms with Gasteiger partial charge in [0, 0.05) is 54.9 Å². The lowest BCUT2D eigenvalue weighted by atomic mass is 9.98. The Bertz CT molecular complexity index is 1200. The summed E-state index contributed by atoms with van der Waals surface area (Å²) in [7, 11) is 0. The Labute approximate surface area is 195 Å². The number of fused-ring (bicyclic) bond motifs is 2. The van der Waals surface area contributed by atoms with Crippen LogP contribution in [-0.2, 0) is 22.4 Å². The quantitative estimate of drug-likeness (QED) is 0.624. The summed E-state index contributed by atoms with van der Waals surface area (Å²) in [5, 5.41) is 12.4. The van der Waals surface area contributed by atoms with Gasteiger partial charge in [0.25, 0.3) is 5.91 Å². The van der Waals surface area contributed by atoms with Gasteiger partial charge in [0.05, 0.1) is 5.69 Å². The lowest BCUT2D eigenvalue weighted by Gasteiger charge is -2.36. The molecule has 172 valence electrons. The van der Waals surface area contributed by atoms with Crippen LogP contribution in [0.4, 0.5) is 15.8 Å². The Morgan fingerprint density at radius 3 is 2.64 bits per heavy atom. The molecule has 1 saturated heterocycles. The lowest BCUT2D eigenvalue weighted by molar-refractivity contribution is -0.128. The van der Waals surface area contributed by atoms with Gasteiger partial charge in [-0.25, -0.2) is 9.29 Å². The summed E-state index contributed by atoms with van der Waals surface area (Å²) in [6, 6.07) is 11.3. The van der Waals surface area contributed by atoms with Gasteiger partial charge in [-0.3, -0.25) is 14.5 Å². The third kappa shape index (κ3) is 4.38. The SMILES string of the molecule is O=C(CO)N1C(=O)CCc2ccc(CCN3CCN(c4cc(F)cc5sccc45)CC3)cc21. The van der Waals surface area contributed by atoms with E-state index in [-0.39, 0.29) is 18.1 Å². The molecule has 2 amide bonds. The summed E-state index contributed by atoms with van der Waals surface area (Å²) in [5.74, 6) is -1.03. The lowest BCUT2D eigenvalue weighted by Crippen LogP contribution is -2.47. The van der Waals surface area contributed by atoms with E-state index < -0.39 is 12.5 Å². The first-order chi connectivity index (χ1) is 16.0. The molecule has 2 aromatic carbocycles. The van der Waals surface area contributed by atoms with Crippen molar-refractivity contribution in [1.82, 2.24) is 4.90 Å². The Balaban J connectivity index is 1.23. The monoisotopic (exact) mass is 467 g/mol. The third-order valence-corrected chi connectivity index (χ3v) is 7.44. The van der Waals surface area contributed by atoms with E-state index >= 15 is 0 Å². The molecule has 3 aromatic rings. The van der Waals surface area contributed by atoms with Crippen molar-refractivity contribution in [2.75, 3.05) is 49.1 Å². The Morgan fingerprint density at radius 1 is 1.03 bits per heavy atom. The average molecular weight is 468 g/mol. The van der Waals surface area contributed by atoms with Crippen molar-refractivity contribution in [3.05, 3.63) is 58.7 Å². The minimum atomic E-state index is -0.678. The normalized spacial score (nSPS) is 17.0. The van der Waals surface area contributed by atoms with Crippen LogP contribution in [0.1, 0.15) is 17.5 Å². The van der Waals surface area contributed by atoms with Crippen molar-refractivity contribution in [3.8, 4) is 0 Å². The number of aliphatic hydroxyl groups is 1. The first-order valence-electron chi connectivity index (χ1n) is 11.3. The number of aliphatic hydroxyl groups excluding tert-OH is 1. The predicted molar refractivity (Wildman–Crippen MR) is 128 cm³/mol. The fourth-order valence-corrected chi connectivity index (χ4v) is 5.63. The number of benzene rings is 2. The topological polar surface area (TPSA) is 64.1 Å². The number of anilines is 2. The van der Waals surface area contributed by atoms with Crippen LogP contribution in [0.25, 0.3) is 10.1 Å². The number of imide groups is 1. The molecule has 0 saturated carbocycles. The molecule has 2 aliphatic heterocycles. The van der Waals surface area contributed by atoms with E-state index in [2.05, 4.69) is 21.9 Å².